The molecule has 40 heavy (non-hydrogen) atoms. The Morgan fingerprint density at radius 3 is 1.43 bits per heavy atom. The molecule has 0 aliphatic heterocycles. The molecule has 0 spiro atoms. The van der Waals surface area contributed by atoms with Gasteiger partial charge in [-0.1, -0.05) is 173 Å². The Morgan fingerprint density at radius 1 is 0.425 bits per heavy atom. The van der Waals surface area contributed by atoms with Gasteiger partial charge in [-0.15, -0.1) is 0 Å². The maximum atomic E-state index is 2.67. The van der Waals surface area contributed by atoms with E-state index in [-0.39, 0.29) is 0 Å². The van der Waals surface area contributed by atoms with Crippen molar-refractivity contribution < 1.29 is 0 Å². The zero-order valence-corrected chi connectivity index (χ0v) is 26.9. The summed E-state index contributed by atoms with van der Waals surface area (Å²) < 4.78 is 0. The Morgan fingerprint density at radius 2 is 0.900 bits per heavy atom. The van der Waals surface area contributed by atoms with Gasteiger partial charge in [-0.25, -0.2) is 0 Å². The number of fused-ring (bicyclic) bond motifs is 2. The standard InChI is InChI=1S/C40H62/c1-5-9-13-17-23-33(24-18-14-10-6-2)35-29-30-37-31-36-27-21-22-28-38(36)40(39(37)32-35)34(25-19-15-11-7-3)26-20-16-12-8-4/h21-22,27-34H,5-20,23-26H2,1-4H3. The van der Waals surface area contributed by atoms with Crippen LogP contribution in [0.5, 0.6) is 0 Å². The predicted octanol–water partition coefficient (Wildman–Crippen LogP) is 14.0. The number of unbranched alkanes of at least 4 members (excludes halogenated alkanes) is 12. The first-order valence-corrected chi connectivity index (χ1v) is 17.7. The van der Waals surface area contributed by atoms with Crippen LogP contribution in [0.2, 0.25) is 0 Å². The Kier molecular flexibility index (Phi) is 15.8. The Bertz CT molecular complexity index is 1050. The summed E-state index contributed by atoms with van der Waals surface area (Å²) in [6.45, 7) is 9.34. The highest BCUT2D eigenvalue weighted by atomic mass is 14.2. The molecular weight excluding hydrogens is 480 g/mol. The second-order valence-electron chi connectivity index (χ2n) is 12.8. The van der Waals surface area contributed by atoms with Crippen LogP contribution in [0.15, 0.2) is 48.5 Å². The molecule has 0 amide bonds. The van der Waals surface area contributed by atoms with Gasteiger partial charge in [0, 0.05) is 0 Å². The van der Waals surface area contributed by atoms with Crippen LogP contribution in [-0.2, 0) is 0 Å². The van der Waals surface area contributed by atoms with Crippen LogP contribution in [0.25, 0.3) is 21.5 Å². The molecule has 0 N–H and O–H groups in total. The fourth-order valence-corrected chi connectivity index (χ4v) is 6.99. The van der Waals surface area contributed by atoms with Gasteiger partial charge in [0.05, 0.1) is 0 Å². The van der Waals surface area contributed by atoms with Crippen molar-refractivity contribution in [2.24, 2.45) is 0 Å². The highest BCUT2D eigenvalue weighted by Crippen LogP contribution is 2.41. The molecule has 222 valence electrons. The first-order valence-electron chi connectivity index (χ1n) is 17.7. The zero-order valence-electron chi connectivity index (χ0n) is 26.9. The molecule has 0 fully saturated rings. The summed E-state index contributed by atoms with van der Waals surface area (Å²) >= 11 is 0. The third-order valence-electron chi connectivity index (χ3n) is 9.43. The van der Waals surface area contributed by atoms with Crippen molar-refractivity contribution >= 4 is 21.5 Å². The van der Waals surface area contributed by atoms with Gasteiger partial charge >= 0.3 is 0 Å². The third kappa shape index (κ3) is 10.2. The highest BCUT2D eigenvalue weighted by Gasteiger charge is 2.20. The molecule has 0 saturated heterocycles. The molecular formula is C40H62. The first kappa shape index (κ1) is 32.7. The van der Waals surface area contributed by atoms with Crippen molar-refractivity contribution in [3.63, 3.8) is 0 Å². The lowest BCUT2D eigenvalue weighted by molar-refractivity contribution is 0.496. The molecule has 0 unspecified atom stereocenters. The molecule has 0 bridgehead atoms. The Labute approximate surface area is 248 Å². The van der Waals surface area contributed by atoms with Crippen molar-refractivity contribution in [1.29, 1.82) is 0 Å². The number of hydrogen-bond donors (Lipinski definition) is 0. The van der Waals surface area contributed by atoms with E-state index in [9.17, 15) is 0 Å². The van der Waals surface area contributed by atoms with Crippen LogP contribution < -0.4 is 0 Å². The molecule has 0 heteroatoms. The summed E-state index contributed by atoms with van der Waals surface area (Å²) in [7, 11) is 0. The van der Waals surface area contributed by atoms with Gasteiger partial charge in [-0.05, 0) is 76.3 Å². The minimum absolute atomic E-state index is 0.671. The van der Waals surface area contributed by atoms with E-state index in [4.69, 9.17) is 0 Å². The second kappa shape index (κ2) is 19.3. The molecule has 0 atom stereocenters. The summed E-state index contributed by atoms with van der Waals surface area (Å²) in [5, 5.41) is 5.98. The lowest BCUT2D eigenvalue weighted by atomic mass is 9.80. The van der Waals surface area contributed by atoms with E-state index in [1.165, 1.54) is 145 Å². The predicted molar refractivity (Wildman–Crippen MR) is 182 cm³/mol. The second-order valence-corrected chi connectivity index (χ2v) is 12.8. The van der Waals surface area contributed by atoms with Crippen molar-refractivity contribution in [3.05, 3.63) is 59.7 Å². The van der Waals surface area contributed by atoms with E-state index >= 15 is 0 Å². The summed E-state index contributed by atoms with van der Waals surface area (Å²) in [5.74, 6) is 1.38. The minimum Gasteiger partial charge on any atom is -0.0654 e. The van der Waals surface area contributed by atoms with Crippen molar-refractivity contribution in [2.45, 2.75) is 168 Å². The molecule has 0 saturated carbocycles. The van der Waals surface area contributed by atoms with Gasteiger partial charge in [0.1, 0.15) is 0 Å². The summed E-state index contributed by atoms with van der Waals surface area (Å²) in [5.41, 5.74) is 3.30. The van der Waals surface area contributed by atoms with E-state index < -0.39 is 0 Å². The van der Waals surface area contributed by atoms with Gasteiger partial charge < -0.3 is 0 Å². The average molecular weight is 543 g/mol. The largest absolute Gasteiger partial charge is 0.0654 e. The van der Waals surface area contributed by atoms with E-state index in [0.717, 1.165) is 0 Å². The van der Waals surface area contributed by atoms with Gasteiger partial charge in [-0.3, -0.25) is 0 Å². The normalized spacial score (nSPS) is 11.9. The fraction of sp³-hybridized carbons (Fsp3) is 0.650. The number of hydrogen-bond acceptors (Lipinski definition) is 0. The third-order valence-corrected chi connectivity index (χ3v) is 9.43. The van der Waals surface area contributed by atoms with Crippen molar-refractivity contribution in [3.8, 4) is 0 Å². The van der Waals surface area contributed by atoms with Crippen LogP contribution in [0.3, 0.4) is 0 Å². The van der Waals surface area contributed by atoms with Gasteiger partial charge in [0.15, 0.2) is 0 Å². The average Bonchev–Trinajstić information content (AvgIpc) is 2.98. The SMILES string of the molecule is CCCCCCC(CCCCCC)c1ccc2cc3ccccc3c(C(CCCCCC)CCCCCC)c2c1. The molecule has 0 nitrogen and oxygen atoms in total. The smallest absolute Gasteiger partial charge is 0.0140 e. The summed E-state index contributed by atoms with van der Waals surface area (Å²) in [6, 6.07) is 19.4. The Balaban J connectivity index is 2.02. The van der Waals surface area contributed by atoms with Gasteiger partial charge in [0.25, 0.3) is 0 Å². The molecule has 3 aromatic carbocycles. The molecule has 0 aliphatic carbocycles. The number of benzene rings is 3. The van der Waals surface area contributed by atoms with Crippen molar-refractivity contribution in [2.75, 3.05) is 0 Å². The zero-order chi connectivity index (χ0) is 28.4. The maximum Gasteiger partial charge on any atom is -0.0140 e. The van der Waals surface area contributed by atoms with Crippen LogP contribution >= 0.6 is 0 Å². The van der Waals surface area contributed by atoms with Crippen LogP contribution in [0.4, 0.5) is 0 Å². The molecule has 0 heterocycles. The summed E-state index contributed by atoms with van der Waals surface area (Å²) in [4.78, 5) is 0. The topological polar surface area (TPSA) is 0 Å². The van der Waals surface area contributed by atoms with Crippen LogP contribution in [0.1, 0.15) is 179 Å². The Hall–Kier alpha value is -1.82. The van der Waals surface area contributed by atoms with E-state index in [1.54, 1.807) is 16.5 Å². The lowest BCUT2D eigenvalue weighted by Gasteiger charge is -2.24. The lowest BCUT2D eigenvalue weighted by Crippen LogP contribution is -2.04. The van der Waals surface area contributed by atoms with Crippen LogP contribution in [-0.4, -0.2) is 0 Å². The van der Waals surface area contributed by atoms with Gasteiger partial charge in [-0.2, -0.15) is 0 Å². The monoisotopic (exact) mass is 542 g/mol. The molecule has 0 radical (unpaired) electrons. The van der Waals surface area contributed by atoms with E-state index in [2.05, 4.69) is 76.2 Å². The number of rotatable bonds is 22. The fourth-order valence-electron chi connectivity index (χ4n) is 6.99. The molecule has 0 aliphatic rings. The molecule has 3 aromatic rings. The molecule has 0 aromatic heterocycles. The first-order chi connectivity index (χ1) is 19.7. The quantitative estimate of drug-likeness (QED) is 0.0874. The van der Waals surface area contributed by atoms with E-state index in [0.29, 0.717) is 11.8 Å². The maximum absolute atomic E-state index is 2.67. The van der Waals surface area contributed by atoms with E-state index in [1.807, 2.05) is 0 Å². The minimum atomic E-state index is 0.671. The van der Waals surface area contributed by atoms with Crippen LogP contribution in [0, 0.1) is 0 Å². The van der Waals surface area contributed by atoms with Crippen molar-refractivity contribution in [1.82, 2.24) is 0 Å². The highest BCUT2D eigenvalue weighted by molar-refractivity contribution is 6.03. The molecule has 3 rings (SSSR count). The summed E-state index contributed by atoms with van der Waals surface area (Å²) in [6.07, 6.45) is 27.3. The van der Waals surface area contributed by atoms with Gasteiger partial charge in [0.2, 0.25) is 0 Å².